The van der Waals surface area contributed by atoms with Crippen molar-refractivity contribution in [2.24, 2.45) is 17.1 Å². The van der Waals surface area contributed by atoms with E-state index in [0.29, 0.717) is 5.41 Å². The summed E-state index contributed by atoms with van der Waals surface area (Å²) in [5.41, 5.74) is 6.38. The Kier molecular flexibility index (Phi) is 2.52. The summed E-state index contributed by atoms with van der Waals surface area (Å²) in [5.74, 6) is 1.05. The third-order valence-corrected chi connectivity index (χ3v) is 4.42. The molecular formula is C13H24N2. The fourth-order valence-electron chi connectivity index (χ4n) is 2.82. The van der Waals surface area contributed by atoms with Gasteiger partial charge < -0.3 is 5.73 Å². The van der Waals surface area contributed by atoms with E-state index in [0.717, 1.165) is 18.5 Å². The van der Waals surface area contributed by atoms with Gasteiger partial charge in [-0.2, -0.15) is 0 Å². The van der Waals surface area contributed by atoms with Crippen molar-refractivity contribution in [3.63, 3.8) is 0 Å². The summed E-state index contributed by atoms with van der Waals surface area (Å²) in [7, 11) is 0. The van der Waals surface area contributed by atoms with Crippen LogP contribution in [0, 0.1) is 11.3 Å². The van der Waals surface area contributed by atoms with E-state index in [9.17, 15) is 0 Å². The minimum Gasteiger partial charge on any atom is -0.330 e. The van der Waals surface area contributed by atoms with Crippen LogP contribution < -0.4 is 5.73 Å². The predicted octanol–water partition coefficient (Wildman–Crippen LogP) is 1.99. The van der Waals surface area contributed by atoms with Gasteiger partial charge in [-0.15, -0.1) is 0 Å². The Labute approximate surface area is 93.2 Å². The zero-order chi connectivity index (χ0) is 10.3. The van der Waals surface area contributed by atoms with E-state index in [1.165, 1.54) is 58.0 Å². The molecule has 0 amide bonds. The summed E-state index contributed by atoms with van der Waals surface area (Å²) in [6.45, 7) is 3.66. The Hall–Kier alpha value is -0.0800. The lowest BCUT2D eigenvalue weighted by Gasteiger charge is -2.27. The van der Waals surface area contributed by atoms with Crippen molar-refractivity contribution in [2.45, 2.75) is 51.0 Å². The Bertz CT molecular complexity index is 227. The molecular weight excluding hydrogens is 184 g/mol. The Morgan fingerprint density at radius 3 is 2.33 bits per heavy atom. The minimum absolute atomic E-state index is 0.659. The van der Waals surface area contributed by atoms with E-state index >= 15 is 0 Å². The van der Waals surface area contributed by atoms with Crippen LogP contribution in [-0.2, 0) is 0 Å². The van der Waals surface area contributed by atoms with Gasteiger partial charge >= 0.3 is 0 Å². The van der Waals surface area contributed by atoms with Gasteiger partial charge in [0.2, 0.25) is 0 Å². The Balaban J connectivity index is 1.53. The second-order valence-corrected chi connectivity index (χ2v) is 6.14. The highest BCUT2D eigenvalue weighted by Crippen LogP contribution is 2.50. The molecule has 2 nitrogen and oxygen atoms in total. The van der Waals surface area contributed by atoms with Crippen LogP contribution in [0.15, 0.2) is 0 Å². The van der Waals surface area contributed by atoms with Gasteiger partial charge in [0.25, 0.3) is 0 Å². The quantitative estimate of drug-likeness (QED) is 0.693. The molecule has 0 aromatic rings. The van der Waals surface area contributed by atoms with Crippen LogP contribution in [0.2, 0.25) is 0 Å². The fraction of sp³-hybridized carbons (Fsp3) is 1.00. The molecule has 2 heteroatoms. The zero-order valence-electron chi connectivity index (χ0n) is 9.75. The van der Waals surface area contributed by atoms with E-state index in [1.807, 2.05) is 0 Å². The highest BCUT2D eigenvalue weighted by molar-refractivity contribution is 4.99. The summed E-state index contributed by atoms with van der Waals surface area (Å²) in [5, 5.41) is 0. The van der Waals surface area contributed by atoms with Crippen molar-refractivity contribution in [2.75, 3.05) is 19.6 Å². The van der Waals surface area contributed by atoms with Crippen molar-refractivity contribution < 1.29 is 0 Å². The molecule has 3 saturated carbocycles. The molecule has 86 valence electrons. The van der Waals surface area contributed by atoms with Gasteiger partial charge in [0, 0.05) is 19.1 Å². The van der Waals surface area contributed by atoms with E-state index in [2.05, 4.69) is 4.90 Å². The van der Waals surface area contributed by atoms with Gasteiger partial charge in [0.05, 0.1) is 0 Å². The smallest absolute Gasteiger partial charge is 0.00967 e. The normalized spacial score (nSPS) is 28.4. The van der Waals surface area contributed by atoms with E-state index in [1.54, 1.807) is 0 Å². The van der Waals surface area contributed by atoms with Crippen LogP contribution in [0.5, 0.6) is 0 Å². The van der Waals surface area contributed by atoms with Gasteiger partial charge in [-0.05, 0) is 62.8 Å². The molecule has 0 atom stereocenters. The lowest BCUT2D eigenvalue weighted by Crippen LogP contribution is -2.35. The van der Waals surface area contributed by atoms with Crippen LogP contribution in [0.25, 0.3) is 0 Å². The molecule has 3 rings (SSSR count). The van der Waals surface area contributed by atoms with Crippen LogP contribution in [0.1, 0.15) is 44.9 Å². The molecule has 0 spiro atoms. The van der Waals surface area contributed by atoms with Gasteiger partial charge in [-0.1, -0.05) is 0 Å². The molecule has 0 heterocycles. The van der Waals surface area contributed by atoms with Gasteiger partial charge in [0.1, 0.15) is 0 Å². The average Bonchev–Trinajstić information content (AvgIpc) is 3.07. The molecule has 0 saturated heterocycles. The second kappa shape index (κ2) is 3.74. The maximum Gasteiger partial charge on any atom is 0.00967 e. The molecule has 0 aromatic carbocycles. The van der Waals surface area contributed by atoms with Crippen molar-refractivity contribution in [3.05, 3.63) is 0 Å². The van der Waals surface area contributed by atoms with Gasteiger partial charge in [-0.25, -0.2) is 0 Å². The molecule has 15 heavy (non-hydrogen) atoms. The van der Waals surface area contributed by atoms with Crippen LogP contribution in [0.4, 0.5) is 0 Å². The average molecular weight is 208 g/mol. The lowest BCUT2D eigenvalue weighted by molar-refractivity contribution is 0.197. The summed E-state index contributed by atoms with van der Waals surface area (Å²) < 4.78 is 0. The van der Waals surface area contributed by atoms with E-state index in [4.69, 9.17) is 5.73 Å². The fourth-order valence-corrected chi connectivity index (χ4v) is 2.82. The third-order valence-electron chi connectivity index (χ3n) is 4.42. The van der Waals surface area contributed by atoms with E-state index in [-0.39, 0.29) is 0 Å². The first-order valence-corrected chi connectivity index (χ1v) is 6.75. The maximum absolute atomic E-state index is 5.72. The summed E-state index contributed by atoms with van der Waals surface area (Å²) >= 11 is 0. The standard InChI is InChI=1S/C13H24N2/c14-8-7-13(5-6-13)10-15(12-3-4-12)9-11-1-2-11/h11-12H,1-10,14H2. The second-order valence-electron chi connectivity index (χ2n) is 6.14. The molecule has 0 aromatic heterocycles. The Morgan fingerprint density at radius 1 is 1.13 bits per heavy atom. The number of hydrogen-bond acceptors (Lipinski definition) is 2. The van der Waals surface area contributed by atoms with Gasteiger partial charge in [-0.3, -0.25) is 4.90 Å². The number of hydrogen-bond donors (Lipinski definition) is 1. The first-order valence-electron chi connectivity index (χ1n) is 6.75. The van der Waals surface area contributed by atoms with Crippen molar-refractivity contribution >= 4 is 0 Å². The molecule has 2 N–H and O–H groups in total. The lowest BCUT2D eigenvalue weighted by atomic mass is 10.0. The maximum atomic E-state index is 5.72. The highest BCUT2D eigenvalue weighted by Gasteiger charge is 2.46. The molecule has 0 aliphatic heterocycles. The topological polar surface area (TPSA) is 29.3 Å². The van der Waals surface area contributed by atoms with E-state index < -0.39 is 0 Å². The summed E-state index contributed by atoms with van der Waals surface area (Å²) in [4.78, 5) is 2.81. The molecule has 3 fully saturated rings. The van der Waals surface area contributed by atoms with Crippen molar-refractivity contribution in [1.29, 1.82) is 0 Å². The number of rotatable bonds is 7. The molecule has 3 aliphatic carbocycles. The van der Waals surface area contributed by atoms with Crippen LogP contribution in [0.3, 0.4) is 0 Å². The first-order chi connectivity index (χ1) is 7.31. The SMILES string of the molecule is NCCC1(CN(CC2CC2)C2CC2)CC1. The molecule has 3 aliphatic rings. The third kappa shape index (κ3) is 2.54. The Morgan fingerprint density at radius 2 is 1.87 bits per heavy atom. The number of nitrogens with zero attached hydrogens (tertiary/aromatic N) is 1. The monoisotopic (exact) mass is 208 g/mol. The predicted molar refractivity (Wildman–Crippen MR) is 62.7 cm³/mol. The number of nitrogens with two attached hydrogens (primary N) is 1. The van der Waals surface area contributed by atoms with Crippen molar-refractivity contribution in [1.82, 2.24) is 4.90 Å². The molecule has 0 bridgehead atoms. The molecule has 0 radical (unpaired) electrons. The van der Waals surface area contributed by atoms with Crippen molar-refractivity contribution in [3.8, 4) is 0 Å². The van der Waals surface area contributed by atoms with Crippen LogP contribution >= 0.6 is 0 Å². The first kappa shape index (κ1) is 10.1. The summed E-state index contributed by atoms with van der Waals surface area (Å²) in [6.07, 6.45) is 10.1. The molecule has 0 unspecified atom stereocenters. The largest absolute Gasteiger partial charge is 0.330 e. The highest BCUT2D eigenvalue weighted by atomic mass is 15.2. The van der Waals surface area contributed by atoms with Crippen LogP contribution in [-0.4, -0.2) is 30.6 Å². The summed E-state index contributed by atoms with van der Waals surface area (Å²) in [6, 6.07) is 0.959. The zero-order valence-corrected chi connectivity index (χ0v) is 9.75. The minimum atomic E-state index is 0.659. The van der Waals surface area contributed by atoms with Gasteiger partial charge in [0.15, 0.2) is 0 Å².